The second kappa shape index (κ2) is 5.26. The van der Waals surface area contributed by atoms with Crippen molar-refractivity contribution < 1.29 is 4.39 Å². The van der Waals surface area contributed by atoms with Crippen LogP contribution in [0.25, 0.3) is 22.1 Å². The van der Waals surface area contributed by atoms with Crippen molar-refractivity contribution in [1.82, 2.24) is 25.1 Å². The number of benzene rings is 1. The van der Waals surface area contributed by atoms with Crippen LogP contribution in [0, 0.1) is 5.82 Å². The molecule has 22 heavy (non-hydrogen) atoms. The van der Waals surface area contributed by atoms with E-state index in [1.165, 1.54) is 23.5 Å². The van der Waals surface area contributed by atoms with Gasteiger partial charge in [-0.1, -0.05) is 0 Å². The highest BCUT2D eigenvalue weighted by molar-refractivity contribution is 7.13. The molecule has 0 saturated heterocycles. The highest BCUT2D eigenvalue weighted by Crippen LogP contribution is 2.30. The van der Waals surface area contributed by atoms with Crippen molar-refractivity contribution in [3.63, 3.8) is 0 Å². The van der Waals surface area contributed by atoms with Crippen LogP contribution in [0.2, 0.25) is 0 Å². The zero-order valence-corrected chi connectivity index (χ0v) is 12.8. The van der Waals surface area contributed by atoms with E-state index in [1.54, 1.807) is 12.1 Å². The molecule has 3 heterocycles. The molecule has 4 rings (SSSR count). The normalized spacial score (nSPS) is 17.5. The van der Waals surface area contributed by atoms with E-state index >= 15 is 0 Å². The summed E-state index contributed by atoms with van der Waals surface area (Å²) in [5.74, 6) is 1.49. The summed E-state index contributed by atoms with van der Waals surface area (Å²) in [6.07, 6.45) is 0. The van der Waals surface area contributed by atoms with Crippen LogP contribution in [-0.2, 0) is 6.54 Å². The number of nitrogens with one attached hydrogen (secondary N) is 1. The Morgan fingerprint density at radius 3 is 2.91 bits per heavy atom. The molecule has 0 saturated carbocycles. The molecule has 3 aromatic rings. The summed E-state index contributed by atoms with van der Waals surface area (Å²) in [5, 5.41) is 14.7. The molecular weight excluding hydrogens is 301 g/mol. The molecule has 0 fully saturated rings. The Morgan fingerprint density at radius 1 is 1.27 bits per heavy atom. The average molecular weight is 315 g/mol. The summed E-state index contributed by atoms with van der Waals surface area (Å²) >= 11 is 1.53. The smallest absolute Gasteiger partial charge is 0.183 e. The van der Waals surface area contributed by atoms with E-state index in [4.69, 9.17) is 0 Å². The van der Waals surface area contributed by atoms with Gasteiger partial charge >= 0.3 is 0 Å². The molecule has 0 amide bonds. The van der Waals surface area contributed by atoms with Crippen LogP contribution >= 0.6 is 11.3 Å². The molecule has 1 aromatic carbocycles. The second-order valence-electron chi connectivity index (χ2n) is 5.33. The topological polar surface area (TPSA) is 55.6 Å². The molecule has 0 aliphatic carbocycles. The van der Waals surface area contributed by atoms with Crippen LogP contribution in [-0.4, -0.2) is 26.3 Å². The maximum Gasteiger partial charge on any atom is 0.183 e. The number of aromatic nitrogens is 4. The minimum absolute atomic E-state index is 0.242. The minimum atomic E-state index is -0.242. The lowest BCUT2D eigenvalue weighted by atomic mass is 10.2. The lowest BCUT2D eigenvalue weighted by molar-refractivity contribution is 0.424. The van der Waals surface area contributed by atoms with Crippen molar-refractivity contribution in [2.45, 2.75) is 19.5 Å². The molecule has 5 nitrogen and oxygen atoms in total. The lowest BCUT2D eigenvalue weighted by Crippen LogP contribution is -2.31. The zero-order chi connectivity index (χ0) is 15.1. The van der Waals surface area contributed by atoms with Crippen LogP contribution in [0.4, 0.5) is 4.39 Å². The van der Waals surface area contributed by atoms with Gasteiger partial charge in [0.05, 0.1) is 6.54 Å². The van der Waals surface area contributed by atoms with Gasteiger partial charge < -0.3 is 9.88 Å². The third-order valence-corrected chi connectivity index (χ3v) is 4.65. The molecular formula is C15H14FN5S. The summed E-state index contributed by atoms with van der Waals surface area (Å²) < 4.78 is 15.2. The molecule has 0 radical (unpaired) electrons. The van der Waals surface area contributed by atoms with Crippen molar-refractivity contribution >= 4 is 11.3 Å². The summed E-state index contributed by atoms with van der Waals surface area (Å²) in [6.45, 7) is 3.76. The third kappa shape index (κ3) is 2.22. The van der Waals surface area contributed by atoms with E-state index in [9.17, 15) is 4.39 Å². The number of rotatable bonds is 2. The molecule has 1 N–H and O–H groups in total. The quantitative estimate of drug-likeness (QED) is 0.790. The van der Waals surface area contributed by atoms with Gasteiger partial charge in [0.25, 0.3) is 0 Å². The summed E-state index contributed by atoms with van der Waals surface area (Å²) in [6, 6.07) is 6.67. The number of thiazole rings is 1. The fourth-order valence-corrected chi connectivity index (χ4v) is 3.47. The number of halogens is 1. The van der Waals surface area contributed by atoms with E-state index in [0.29, 0.717) is 6.04 Å². The molecule has 1 aliphatic rings. The molecule has 0 bridgehead atoms. The SMILES string of the molecule is CC1CNCc2nnc(-c3csc(-c4ccc(F)cc4)n3)n21. The first-order chi connectivity index (χ1) is 10.7. The van der Waals surface area contributed by atoms with E-state index in [0.717, 1.165) is 41.0 Å². The van der Waals surface area contributed by atoms with Crippen molar-refractivity contribution in [2.24, 2.45) is 0 Å². The Bertz CT molecular complexity index is 808. The monoisotopic (exact) mass is 315 g/mol. The average Bonchev–Trinajstić information content (AvgIpc) is 3.15. The van der Waals surface area contributed by atoms with E-state index in [1.807, 2.05) is 5.38 Å². The van der Waals surface area contributed by atoms with Crippen LogP contribution in [0.15, 0.2) is 29.6 Å². The van der Waals surface area contributed by atoms with Crippen molar-refractivity contribution in [2.75, 3.05) is 6.54 Å². The van der Waals surface area contributed by atoms with E-state index in [-0.39, 0.29) is 5.82 Å². The Hall–Kier alpha value is -2.12. The van der Waals surface area contributed by atoms with Gasteiger partial charge in [0.2, 0.25) is 0 Å². The molecule has 7 heteroatoms. The largest absolute Gasteiger partial charge is 0.308 e. The van der Waals surface area contributed by atoms with Crippen LogP contribution in [0.1, 0.15) is 18.8 Å². The highest BCUT2D eigenvalue weighted by atomic mass is 32.1. The number of hydrogen-bond donors (Lipinski definition) is 1. The first-order valence-corrected chi connectivity index (χ1v) is 7.96. The third-order valence-electron chi connectivity index (χ3n) is 3.75. The molecule has 112 valence electrons. The van der Waals surface area contributed by atoms with Gasteiger partial charge in [-0.3, -0.25) is 0 Å². The first-order valence-electron chi connectivity index (χ1n) is 7.08. The maximum atomic E-state index is 13.0. The van der Waals surface area contributed by atoms with E-state index < -0.39 is 0 Å². The fourth-order valence-electron chi connectivity index (χ4n) is 2.67. The van der Waals surface area contributed by atoms with Crippen LogP contribution in [0.5, 0.6) is 0 Å². The Labute approximate surface area is 130 Å². The standard InChI is InChI=1S/C15H14FN5S/c1-9-6-17-7-13-19-20-14(21(9)13)12-8-22-15(18-12)10-2-4-11(16)5-3-10/h2-5,8-9,17H,6-7H2,1H3. The second-order valence-corrected chi connectivity index (χ2v) is 6.19. The predicted octanol–water partition coefficient (Wildman–Crippen LogP) is 2.87. The summed E-state index contributed by atoms with van der Waals surface area (Å²) in [4.78, 5) is 4.65. The Morgan fingerprint density at radius 2 is 2.09 bits per heavy atom. The predicted molar refractivity (Wildman–Crippen MR) is 82.9 cm³/mol. The summed E-state index contributed by atoms with van der Waals surface area (Å²) in [7, 11) is 0. The molecule has 1 unspecified atom stereocenters. The zero-order valence-electron chi connectivity index (χ0n) is 12.0. The molecule has 2 aromatic heterocycles. The van der Waals surface area contributed by atoms with Crippen molar-refractivity contribution in [3.8, 4) is 22.1 Å². The molecule has 1 atom stereocenters. The highest BCUT2D eigenvalue weighted by Gasteiger charge is 2.23. The number of fused-ring (bicyclic) bond motifs is 1. The minimum Gasteiger partial charge on any atom is -0.308 e. The van der Waals surface area contributed by atoms with Crippen molar-refractivity contribution in [1.29, 1.82) is 0 Å². The Balaban J connectivity index is 1.73. The van der Waals surface area contributed by atoms with Gasteiger partial charge in [0.1, 0.15) is 22.3 Å². The fraction of sp³-hybridized carbons (Fsp3) is 0.267. The van der Waals surface area contributed by atoms with Crippen molar-refractivity contribution in [3.05, 3.63) is 41.3 Å². The maximum absolute atomic E-state index is 13.0. The van der Waals surface area contributed by atoms with E-state index in [2.05, 4.69) is 32.0 Å². The molecule has 0 spiro atoms. The lowest BCUT2D eigenvalue weighted by Gasteiger charge is -2.22. The number of nitrogens with zero attached hydrogens (tertiary/aromatic N) is 4. The summed E-state index contributed by atoms with van der Waals surface area (Å²) in [5.41, 5.74) is 1.72. The van der Waals surface area contributed by atoms with Gasteiger partial charge in [-0.15, -0.1) is 21.5 Å². The van der Waals surface area contributed by atoms with Gasteiger partial charge in [-0.2, -0.15) is 0 Å². The van der Waals surface area contributed by atoms with Gasteiger partial charge in [0.15, 0.2) is 5.82 Å². The van der Waals surface area contributed by atoms with Crippen LogP contribution in [0.3, 0.4) is 0 Å². The van der Waals surface area contributed by atoms with Gasteiger partial charge in [-0.05, 0) is 31.2 Å². The van der Waals surface area contributed by atoms with Gasteiger partial charge in [-0.25, -0.2) is 9.37 Å². The first kappa shape index (κ1) is 13.5. The van der Waals surface area contributed by atoms with Crippen LogP contribution < -0.4 is 5.32 Å². The number of hydrogen-bond acceptors (Lipinski definition) is 5. The van der Waals surface area contributed by atoms with Gasteiger partial charge in [0, 0.05) is 23.5 Å². The Kier molecular flexibility index (Phi) is 3.24. The molecule has 1 aliphatic heterocycles.